The normalized spacial score (nSPS) is 23.9. The van der Waals surface area contributed by atoms with Gasteiger partial charge in [-0.05, 0) is 12.5 Å². The van der Waals surface area contributed by atoms with Crippen molar-refractivity contribution in [3.8, 4) is 0 Å². The van der Waals surface area contributed by atoms with Crippen LogP contribution in [0.15, 0.2) is 24.3 Å². The molecule has 0 saturated carbocycles. The smallest absolute Gasteiger partial charge is 0.237 e. The molecule has 3 rings (SSSR count). The van der Waals surface area contributed by atoms with Crippen molar-refractivity contribution in [3.05, 3.63) is 34.9 Å². The predicted molar refractivity (Wildman–Crippen MR) is 110 cm³/mol. The summed E-state index contributed by atoms with van der Waals surface area (Å²) in [5.74, 6) is 0.469. The molecule has 0 spiro atoms. The highest BCUT2D eigenvalue weighted by molar-refractivity contribution is 8.01. The number of hydrogen-bond acceptors (Lipinski definition) is 3. The summed E-state index contributed by atoms with van der Waals surface area (Å²) in [6, 6.07) is 7.84. The Balaban J connectivity index is 1.63. The van der Waals surface area contributed by atoms with Crippen molar-refractivity contribution in [3.63, 3.8) is 0 Å². The Kier molecular flexibility index (Phi) is 7.06. The maximum atomic E-state index is 12.9. The van der Waals surface area contributed by atoms with Crippen LogP contribution in [-0.2, 0) is 9.59 Å². The number of benzene rings is 1. The minimum absolute atomic E-state index is 0.00138. The first-order chi connectivity index (χ1) is 13.0. The zero-order valence-electron chi connectivity index (χ0n) is 16.1. The molecule has 2 aliphatic rings. The van der Waals surface area contributed by atoms with Gasteiger partial charge in [0.15, 0.2) is 0 Å². The average Bonchev–Trinajstić information content (AvgIpc) is 3.02. The third-order valence-corrected chi connectivity index (χ3v) is 7.48. The van der Waals surface area contributed by atoms with Crippen LogP contribution in [0.4, 0.5) is 0 Å². The fourth-order valence-electron chi connectivity index (χ4n) is 3.83. The number of amides is 2. The number of nitrogens with one attached hydrogen (secondary N) is 1. The Morgan fingerprint density at radius 1 is 1.26 bits per heavy atom. The highest BCUT2D eigenvalue weighted by atomic mass is 35.5. The van der Waals surface area contributed by atoms with Gasteiger partial charge in [0, 0.05) is 17.0 Å². The van der Waals surface area contributed by atoms with E-state index in [1.165, 1.54) is 4.90 Å². The minimum atomic E-state index is -0.00138. The van der Waals surface area contributed by atoms with E-state index in [1.54, 1.807) is 11.8 Å². The molecule has 7 heteroatoms. The van der Waals surface area contributed by atoms with E-state index < -0.39 is 0 Å². The lowest BCUT2D eigenvalue weighted by molar-refractivity contribution is -0.903. The van der Waals surface area contributed by atoms with Crippen molar-refractivity contribution in [2.75, 3.05) is 39.3 Å². The van der Waals surface area contributed by atoms with Gasteiger partial charge in [-0.3, -0.25) is 9.59 Å². The second-order valence-corrected chi connectivity index (χ2v) is 8.87. The maximum Gasteiger partial charge on any atom is 0.237 e. The molecule has 2 atom stereocenters. The summed E-state index contributed by atoms with van der Waals surface area (Å²) in [6.07, 6.45) is 1.42. The molecule has 5 nitrogen and oxygen atoms in total. The number of thioether (sulfide) groups is 1. The van der Waals surface area contributed by atoms with Crippen LogP contribution in [0.1, 0.15) is 37.6 Å². The Morgan fingerprint density at radius 3 is 2.59 bits per heavy atom. The zero-order chi connectivity index (χ0) is 19.4. The summed E-state index contributed by atoms with van der Waals surface area (Å²) >= 11 is 8.14. The molecular weight excluding hydrogens is 382 g/mol. The van der Waals surface area contributed by atoms with Gasteiger partial charge in [0.05, 0.1) is 44.5 Å². The van der Waals surface area contributed by atoms with Gasteiger partial charge in [-0.1, -0.05) is 43.6 Å². The number of halogens is 1. The molecule has 2 heterocycles. The van der Waals surface area contributed by atoms with Gasteiger partial charge in [-0.25, -0.2) is 0 Å². The van der Waals surface area contributed by atoms with Crippen molar-refractivity contribution >= 4 is 35.2 Å². The summed E-state index contributed by atoms with van der Waals surface area (Å²) < 4.78 is 0. The molecule has 1 aromatic carbocycles. The van der Waals surface area contributed by atoms with E-state index in [2.05, 4.69) is 6.92 Å². The number of carbonyl (C=O) groups excluding carboxylic acids is 2. The fraction of sp³-hybridized carbons (Fsp3) is 0.600. The maximum absolute atomic E-state index is 12.9. The second kappa shape index (κ2) is 9.30. The quantitative estimate of drug-likeness (QED) is 0.778. The summed E-state index contributed by atoms with van der Waals surface area (Å²) in [5.41, 5.74) is 1.03. The number of hydrogen-bond donors (Lipinski definition) is 1. The van der Waals surface area contributed by atoms with Gasteiger partial charge in [-0.2, -0.15) is 0 Å². The molecule has 1 N–H and O–H groups in total. The zero-order valence-corrected chi connectivity index (χ0v) is 17.7. The first-order valence-electron chi connectivity index (χ1n) is 9.86. The van der Waals surface area contributed by atoms with Crippen LogP contribution in [0, 0.1) is 0 Å². The number of nitrogens with zero attached hydrogens (tertiary/aromatic N) is 2. The molecule has 27 heavy (non-hydrogen) atoms. The third kappa shape index (κ3) is 4.61. The van der Waals surface area contributed by atoms with Crippen molar-refractivity contribution in [1.82, 2.24) is 9.80 Å². The lowest BCUT2D eigenvalue weighted by atomic mass is 10.2. The number of rotatable bonds is 6. The summed E-state index contributed by atoms with van der Waals surface area (Å²) in [6.45, 7) is 9.17. The van der Waals surface area contributed by atoms with Gasteiger partial charge >= 0.3 is 0 Å². The lowest BCUT2D eigenvalue weighted by Crippen LogP contribution is -3.15. The molecule has 1 aromatic rings. The molecule has 2 saturated heterocycles. The minimum Gasteiger partial charge on any atom is -0.331 e. The van der Waals surface area contributed by atoms with E-state index in [0.29, 0.717) is 6.42 Å². The van der Waals surface area contributed by atoms with E-state index >= 15 is 0 Å². The summed E-state index contributed by atoms with van der Waals surface area (Å²) in [5, 5.41) is 0.738. The summed E-state index contributed by atoms with van der Waals surface area (Å²) in [7, 11) is 0. The molecule has 2 amide bonds. The van der Waals surface area contributed by atoms with E-state index in [0.717, 1.165) is 56.3 Å². The highest BCUT2D eigenvalue weighted by Gasteiger charge is 2.41. The van der Waals surface area contributed by atoms with Crippen LogP contribution < -0.4 is 4.90 Å². The van der Waals surface area contributed by atoms with Crippen LogP contribution in [0.5, 0.6) is 0 Å². The van der Waals surface area contributed by atoms with Gasteiger partial charge in [0.1, 0.15) is 5.37 Å². The third-order valence-electron chi connectivity index (χ3n) is 5.51. The molecule has 148 valence electrons. The highest BCUT2D eigenvalue weighted by Crippen LogP contribution is 2.45. The molecule has 2 fully saturated rings. The van der Waals surface area contributed by atoms with E-state index in [-0.39, 0.29) is 22.4 Å². The molecular formula is C20H29ClN3O2S+. The first kappa shape index (κ1) is 20.5. The molecule has 2 aliphatic heterocycles. The molecule has 0 radical (unpaired) electrons. The van der Waals surface area contributed by atoms with E-state index in [4.69, 9.17) is 11.6 Å². The Labute approximate surface area is 171 Å². The number of carbonyl (C=O) groups is 2. The molecule has 0 bridgehead atoms. The van der Waals surface area contributed by atoms with Crippen LogP contribution >= 0.6 is 23.4 Å². The van der Waals surface area contributed by atoms with Crippen LogP contribution in [0.3, 0.4) is 0 Å². The SMILES string of the molecule is CCC(=O)N1CC[NH+](CCN2C(=O)[C@H](CC)S[C@@H]2c2ccccc2Cl)CC1. The lowest BCUT2D eigenvalue weighted by Gasteiger charge is -2.33. The van der Waals surface area contributed by atoms with Crippen molar-refractivity contribution < 1.29 is 14.5 Å². The van der Waals surface area contributed by atoms with Crippen molar-refractivity contribution in [2.24, 2.45) is 0 Å². The standard InChI is InChI=1S/C20H28ClN3O2S/c1-3-17-19(26)24(20(27-17)15-7-5-6-8-16(15)21)14-11-22-9-12-23(13-10-22)18(25)4-2/h5-8,17,20H,3-4,9-14H2,1-2H3/p+1/t17-,20+/m0/s1. The molecule has 0 aromatic heterocycles. The van der Waals surface area contributed by atoms with Crippen LogP contribution in [0.2, 0.25) is 5.02 Å². The second-order valence-electron chi connectivity index (χ2n) is 7.17. The monoisotopic (exact) mass is 410 g/mol. The van der Waals surface area contributed by atoms with Crippen LogP contribution in [-0.4, -0.2) is 66.1 Å². The Hall–Kier alpha value is -1.24. The van der Waals surface area contributed by atoms with E-state index in [9.17, 15) is 9.59 Å². The summed E-state index contributed by atoms with van der Waals surface area (Å²) in [4.78, 5) is 30.1. The molecule has 0 unspecified atom stereocenters. The number of quaternary nitrogens is 1. The van der Waals surface area contributed by atoms with Crippen LogP contribution in [0.25, 0.3) is 0 Å². The topological polar surface area (TPSA) is 45.1 Å². The van der Waals surface area contributed by atoms with Gasteiger partial charge < -0.3 is 14.7 Å². The largest absolute Gasteiger partial charge is 0.331 e. The number of piperazine rings is 1. The predicted octanol–water partition coefficient (Wildman–Crippen LogP) is 1.83. The van der Waals surface area contributed by atoms with Gasteiger partial charge in [0.25, 0.3) is 0 Å². The Morgan fingerprint density at radius 2 is 1.96 bits per heavy atom. The molecule has 0 aliphatic carbocycles. The Bertz CT molecular complexity index is 679. The van der Waals surface area contributed by atoms with Gasteiger partial charge in [-0.15, -0.1) is 11.8 Å². The van der Waals surface area contributed by atoms with Crippen molar-refractivity contribution in [2.45, 2.75) is 37.3 Å². The fourth-order valence-corrected chi connectivity index (χ4v) is 5.59. The first-order valence-corrected chi connectivity index (χ1v) is 11.2. The van der Waals surface area contributed by atoms with Gasteiger partial charge in [0.2, 0.25) is 11.8 Å². The average molecular weight is 411 g/mol. The van der Waals surface area contributed by atoms with E-state index in [1.807, 2.05) is 41.0 Å². The van der Waals surface area contributed by atoms with Crippen molar-refractivity contribution in [1.29, 1.82) is 0 Å².